The monoisotopic (exact) mass is 368 g/mol. The van der Waals surface area contributed by atoms with Crippen LogP contribution in [0.15, 0.2) is 33.9 Å². The lowest BCUT2D eigenvalue weighted by atomic mass is 10.1. The van der Waals surface area contributed by atoms with Crippen LogP contribution in [0.2, 0.25) is 0 Å². The first-order valence-corrected chi connectivity index (χ1v) is 10.6. The molecule has 0 saturated carbocycles. The van der Waals surface area contributed by atoms with E-state index in [2.05, 4.69) is 10.2 Å². The molecule has 24 heavy (non-hydrogen) atoms. The largest absolute Gasteiger partial charge is 0.497 e. The minimum absolute atomic E-state index is 0.104. The van der Waals surface area contributed by atoms with Crippen LogP contribution in [0.3, 0.4) is 0 Å². The van der Waals surface area contributed by atoms with Crippen LogP contribution < -0.4 is 4.74 Å². The van der Waals surface area contributed by atoms with Gasteiger partial charge in [-0.1, -0.05) is 23.9 Å². The summed E-state index contributed by atoms with van der Waals surface area (Å²) in [5, 5.41) is 8.60. The number of thioether (sulfide) groups is 1. The van der Waals surface area contributed by atoms with E-state index in [-0.39, 0.29) is 17.4 Å². The van der Waals surface area contributed by atoms with Gasteiger partial charge in [-0.3, -0.25) is 0 Å². The zero-order valence-corrected chi connectivity index (χ0v) is 15.1. The maximum absolute atomic E-state index is 11.5. The summed E-state index contributed by atoms with van der Waals surface area (Å²) in [6, 6.07) is 7.97. The Hall–Kier alpha value is -1.54. The van der Waals surface area contributed by atoms with Crippen LogP contribution in [-0.4, -0.2) is 43.0 Å². The molecule has 1 aromatic heterocycles. The van der Waals surface area contributed by atoms with Crippen molar-refractivity contribution in [1.82, 2.24) is 10.2 Å². The Balaban J connectivity index is 1.45. The molecule has 0 N–H and O–H groups in total. The summed E-state index contributed by atoms with van der Waals surface area (Å²) in [6.45, 7) is 0. The average molecular weight is 368 g/mol. The number of methoxy groups -OCH3 is 1. The van der Waals surface area contributed by atoms with E-state index in [1.807, 2.05) is 24.3 Å². The SMILES string of the molecule is COc1ccc(CCSc2nnc(CC3CCS(=O)(=O)C3)o2)cc1. The fraction of sp³-hybridized carbons (Fsp3) is 0.500. The zero-order valence-electron chi connectivity index (χ0n) is 13.5. The summed E-state index contributed by atoms with van der Waals surface area (Å²) >= 11 is 1.51. The zero-order chi connectivity index (χ0) is 17.0. The van der Waals surface area contributed by atoms with Gasteiger partial charge < -0.3 is 9.15 Å². The van der Waals surface area contributed by atoms with Crippen molar-refractivity contribution in [3.05, 3.63) is 35.7 Å². The third kappa shape index (κ3) is 4.73. The molecule has 1 unspecified atom stereocenters. The van der Waals surface area contributed by atoms with Crippen LogP contribution in [0.5, 0.6) is 5.75 Å². The standard InChI is InChI=1S/C16H20N2O4S2/c1-21-14-4-2-12(3-5-14)6-8-23-16-18-17-15(22-16)10-13-7-9-24(19,20)11-13/h2-5,13H,6-11H2,1H3. The van der Waals surface area contributed by atoms with Gasteiger partial charge in [0.2, 0.25) is 5.89 Å². The van der Waals surface area contributed by atoms with E-state index < -0.39 is 9.84 Å². The van der Waals surface area contributed by atoms with Crippen molar-refractivity contribution in [2.24, 2.45) is 5.92 Å². The topological polar surface area (TPSA) is 82.3 Å². The fourth-order valence-electron chi connectivity index (χ4n) is 2.71. The lowest BCUT2D eigenvalue weighted by Gasteiger charge is -2.02. The van der Waals surface area contributed by atoms with E-state index in [0.717, 1.165) is 17.9 Å². The quantitative estimate of drug-likeness (QED) is 0.694. The Kier molecular flexibility index (Phi) is 5.45. The first-order chi connectivity index (χ1) is 11.5. The first kappa shape index (κ1) is 17.3. The Morgan fingerprint density at radius 2 is 2.08 bits per heavy atom. The molecule has 1 atom stereocenters. The van der Waals surface area contributed by atoms with Crippen LogP contribution in [0.4, 0.5) is 0 Å². The summed E-state index contributed by atoms with van der Waals surface area (Å²) < 4.78 is 33.7. The van der Waals surface area contributed by atoms with Crippen LogP contribution in [-0.2, 0) is 22.7 Å². The van der Waals surface area contributed by atoms with E-state index in [4.69, 9.17) is 9.15 Å². The number of aryl methyl sites for hydroxylation is 1. The number of rotatable bonds is 7. The second-order valence-corrected chi connectivity index (χ2v) is 9.16. The molecule has 0 aliphatic carbocycles. The number of ether oxygens (including phenoxy) is 1. The van der Waals surface area contributed by atoms with E-state index in [0.29, 0.717) is 24.0 Å². The van der Waals surface area contributed by atoms with Gasteiger partial charge in [0.15, 0.2) is 9.84 Å². The summed E-state index contributed by atoms with van der Waals surface area (Å²) in [5.74, 6) is 2.83. The maximum atomic E-state index is 11.5. The number of sulfone groups is 1. The molecule has 0 amide bonds. The van der Waals surface area contributed by atoms with Gasteiger partial charge in [-0.15, -0.1) is 10.2 Å². The summed E-state index contributed by atoms with van der Waals surface area (Å²) in [5.41, 5.74) is 1.22. The van der Waals surface area contributed by atoms with Crippen molar-refractivity contribution in [2.75, 3.05) is 24.4 Å². The highest BCUT2D eigenvalue weighted by Crippen LogP contribution is 2.24. The lowest BCUT2D eigenvalue weighted by molar-refractivity contribution is 0.389. The summed E-state index contributed by atoms with van der Waals surface area (Å²) in [7, 11) is -1.21. The molecule has 1 saturated heterocycles. The Bertz CT molecular complexity index is 772. The summed E-state index contributed by atoms with van der Waals surface area (Å²) in [4.78, 5) is 0. The maximum Gasteiger partial charge on any atom is 0.276 e. The second-order valence-electron chi connectivity index (χ2n) is 5.88. The fourth-order valence-corrected chi connectivity index (χ4v) is 5.34. The van der Waals surface area contributed by atoms with Crippen LogP contribution in [0.25, 0.3) is 0 Å². The van der Waals surface area contributed by atoms with Gasteiger partial charge in [0, 0.05) is 12.2 Å². The van der Waals surface area contributed by atoms with Gasteiger partial charge in [-0.25, -0.2) is 8.42 Å². The number of hydrogen-bond donors (Lipinski definition) is 0. The molecule has 6 nitrogen and oxygen atoms in total. The number of aromatic nitrogens is 2. The van der Waals surface area contributed by atoms with Crippen molar-refractivity contribution >= 4 is 21.6 Å². The molecule has 1 aromatic carbocycles. The third-order valence-corrected chi connectivity index (χ3v) is 6.67. The first-order valence-electron chi connectivity index (χ1n) is 7.82. The van der Waals surface area contributed by atoms with Crippen LogP contribution in [0, 0.1) is 5.92 Å². The minimum Gasteiger partial charge on any atom is -0.497 e. The highest BCUT2D eigenvalue weighted by molar-refractivity contribution is 7.99. The molecule has 130 valence electrons. The predicted molar refractivity (Wildman–Crippen MR) is 92.2 cm³/mol. The van der Waals surface area contributed by atoms with E-state index in [1.165, 1.54) is 17.3 Å². The number of hydrogen-bond acceptors (Lipinski definition) is 7. The van der Waals surface area contributed by atoms with E-state index in [1.54, 1.807) is 7.11 Å². The van der Waals surface area contributed by atoms with Gasteiger partial charge in [-0.2, -0.15) is 0 Å². The highest BCUT2D eigenvalue weighted by atomic mass is 32.2. The normalized spacial score (nSPS) is 19.5. The molecule has 8 heteroatoms. The molecule has 0 radical (unpaired) electrons. The van der Waals surface area contributed by atoms with Crippen molar-refractivity contribution in [3.63, 3.8) is 0 Å². The molecule has 3 rings (SSSR count). The Morgan fingerprint density at radius 1 is 1.29 bits per heavy atom. The van der Waals surface area contributed by atoms with Gasteiger partial charge in [0.1, 0.15) is 5.75 Å². The van der Waals surface area contributed by atoms with Crippen LogP contribution >= 0.6 is 11.8 Å². The van der Waals surface area contributed by atoms with Crippen LogP contribution in [0.1, 0.15) is 17.9 Å². The average Bonchev–Trinajstić information content (AvgIpc) is 3.14. The van der Waals surface area contributed by atoms with Gasteiger partial charge in [0.05, 0.1) is 18.6 Å². The molecule has 1 fully saturated rings. The molecule has 0 spiro atoms. The molecule has 2 aromatic rings. The molecule has 0 bridgehead atoms. The molecular weight excluding hydrogens is 348 g/mol. The van der Waals surface area contributed by atoms with Gasteiger partial charge >= 0.3 is 0 Å². The number of nitrogens with zero attached hydrogens (tertiary/aromatic N) is 2. The van der Waals surface area contributed by atoms with Gasteiger partial charge in [0.25, 0.3) is 5.22 Å². The summed E-state index contributed by atoms with van der Waals surface area (Å²) in [6.07, 6.45) is 2.13. The van der Waals surface area contributed by atoms with Crippen molar-refractivity contribution < 1.29 is 17.6 Å². The van der Waals surface area contributed by atoms with Crippen molar-refractivity contribution in [2.45, 2.75) is 24.5 Å². The molecular formula is C16H20N2O4S2. The third-order valence-electron chi connectivity index (χ3n) is 4.01. The predicted octanol–water partition coefficient (Wildman–Crippen LogP) is 2.39. The van der Waals surface area contributed by atoms with Gasteiger partial charge in [-0.05, 0) is 36.5 Å². The lowest BCUT2D eigenvalue weighted by Crippen LogP contribution is -2.07. The second kappa shape index (κ2) is 7.57. The smallest absolute Gasteiger partial charge is 0.276 e. The molecule has 2 heterocycles. The highest BCUT2D eigenvalue weighted by Gasteiger charge is 2.29. The molecule has 1 aliphatic heterocycles. The van der Waals surface area contributed by atoms with Crippen molar-refractivity contribution in [3.8, 4) is 5.75 Å². The van der Waals surface area contributed by atoms with E-state index >= 15 is 0 Å². The van der Waals surface area contributed by atoms with Crippen molar-refractivity contribution in [1.29, 1.82) is 0 Å². The minimum atomic E-state index is -2.86. The molecule has 1 aliphatic rings. The Morgan fingerprint density at radius 3 is 2.75 bits per heavy atom. The number of benzene rings is 1. The Labute approximate surface area is 145 Å². The van der Waals surface area contributed by atoms with E-state index in [9.17, 15) is 8.42 Å².